The number of hydrogen-bond acceptors (Lipinski definition) is 2. The van der Waals surface area contributed by atoms with Gasteiger partial charge in [0.15, 0.2) is 0 Å². The highest BCUT2D eigenvalue weighted by atomic mass is 16.3. The van der Waals surface area contributed by atoms with Crippen molar-refractivity contribution in [3.63, 3.8) is 0 Å². The second-order valence-corrected chi connectivity index (χ2v) is 5.54. The van der Waals surface area contributed by atoms with Crippen molar-refractivity contribution in [3.8, 4) is 0 Å². The van der Waals surface area contributed by atoms with Crippen LogP contribution in [0.1, 0.15) is 28.6 Å². The average Bonchev–Trinajstić information content (AvgIpc) is 2.46. The van der Waals surface area contributed by atoms with Crippen LogP contribution in [0.5, 0.6) is 0 Å². The van der Waals surface area contributed by atoms with Gasteiger partial charge in [0, 0.05) is 17.8 Å². The van der Waals surface area contributed by atoms with Gasteiger partial charge in [-0.3, -0.25) is 4.98 Å². The van der Waals surface area contributed by atoms with Crippen LogP contribution in [0.2, 0.25) is 0 Å². The molecular formula is C19H19NO. The Morgan fingerprint density at radius 1 is 0.952 bits per heavy atom. The van der Waals surface area contributed by atoms with Gasteiger partial charge in [-0.25, -0.2) is 0 Å². The highest BCUT2D eigenvalue weighted by Crippen LogP contribution is 2.25. The fourth-order valence-electron chi connectivity index (χ4n) is 2.86. The van der Waals surface area contributed by atoms with Crippen LogP contribution in [-0.2, 0) is 6.42 Å². The van der Waals surface area contributed by atoms with Crippen LogP contribution >= 0.6 is 0 Å². The van der Waals surface area contributed by atoms with Crippen molar-refractivity contribution >= 4 is 10.8 Å². The largest absolute Gasteiger partial charge is 0.388 e. The smallest absolute Gasteiger partial charge is 0.0831 e. The molecule has 1 N–H and O–H groups in total. The number of hydrogen-bond donors (Lipinski definition) is 1. The van der Waals surface area contributed by atoms with E-state index in [0.717, 1.165) is 17.0 Å². The molecule has 0 spiro atoms. The van der Waals surface area contributed by atoms with Crippen molar-refractivity contribution in [1.82, 2.24) is 4.98 Å². The number of pyridine rings is 1. The summed E-state index contributed by atoms with van der Waals surface area (Å²) in [7, 11) is 0. The quantitative estimate of drug-likeness (QED) is 0.781. The lowest BCUT2D eigenvalue weighted by Crippen LogP contribution is -2.04. The van der Waals surface area contributed by atoms with E-state index in [1.54, 1.807) is 0 Å². The van der Waals surface area contributed by atoms with Crippen molar-refractivity contribution in [2.24, 2.45) is 0 Å². The van der Waals surface area contributed by atoms with Gasteiger partial charge in [-0.15, -0.1) is 0 Å². The Hall–Kier alpha value is -2.19. The number of fused-ring (bicyclic) bond motifs is 1. The van der Waals surface area contributed by atoms with Gasteiger partial charge in [0.1, 0.15) is 0 Å². The summed E-state index contributed by atoms with van der Waals surface area (Å²) in [6, 6.07) is 18.5. The fraction of sp³-hybridized carbons (Fsp3) is 0.211. The minimum absolute atomic E-state index is 0.504. The first-order valence-corrected chi connectivity index (χ1v) is 7.23. The van der Waals surface area contributed by atoms with Gasteiger partial charge >= 0.3 is 0 Å². The summed E-state index contributed by atoms with van der Waals surface area (Å²) in [6.07, 6.45) is 0.112. The summed E-state index contributed by atoms with van der Waals surface area (Å²) in [5, 5.41) is 13.0. The molecule has 1 heterocycles. The van der Waals surface area contributed by atoms with Crippen molar-refractivity contribution in [3.05, 3.63) is 77.1 Å². The van der Waals surface area contributed by atoms with Crippen LogP contribution in [0.4, 0.5) is 0 Å². The molecule has 1 aromatic heterocycles. The Bertz CT molecular complexity index is 754. The molecule has 1 atom stereocenters. The second kappa shape index (κ2) is 5.66. The third kappa shape index (κ3) is 2.96. The van der Waals surface area contributed by atoms with E-state index in [1.165, 1.54) is 16.3 Å². The third-order valence-corrected chi connectivity index (χ3v) is 3.78. The molecule has 2 nitrogen and oxygen atoms in total. The van der Waals surface area contributed by atoms with E-state index in [-0.39, 0.29) is 0 Å². The molecule has 106 valence electrons. The molecule has 0 aliphatic rings. The summed E-state index contributed by atoms with van der Waals surface area (Å²) in [5.41, 5.74) is 4.00. The minimum atomic E-state index is -0.504. The number of benzene rings is 2. The number of aliphatic hydroxyl groups is 1. The van der Waals surface area contributed by atoms with Crippen LogP contribution in [0.25, 0.3) is 10.8 Å². The van der Waals surface area contributed by atoms with E-state index in [0.29, 0.717) is 6.42 Å². The zero-order valence-electron chi connectivity index (χ0n) is 12.4. The summed E-state index contributed by atoms with van der Waals surface area (Å²) in [5.74, 6) is 0. The van der Waals surface area contributed by atoms with Crippen molar-refractivity contribution in [1.29, 1.82) is 0 Å². The van der Waals surface area contributed by atoms with E-state index < -0.39 is 6.10 Å². The Balaban J connectivity index is 1.94. The molecule has 3 aromatic rings. The zero-order chi connectivity index (χ0) is 14.8. The number of nitrogens with zero attached hydrogens (tertiary/aromatic N) is 1. The Labute approximate surface area is 125 Å². The molecular weight excluding hydrogens is 258 g/mol. The Morgan fingerprint density at radius 2 is 1.62 bits per heavy atom. The van der Waals surface area contributed by atoms with Gasteiger partial charge in [-0.1, -0.05) is 42.5 Å². The number of rotatable bonds is 3. The topological polar surface area (TPSA) is 33.1 Å². The SMILES string of the molecule is Cc1cc(C(O)Cc2cccc3ccccc23)cc(C)n1. The van der Waals surface area contributed by atoms with Crippen LogP contribution in [0, 0.1) is 13.8 Å². The maximum absolute atomic E-state index is 10.6. The van der Waals surface area contributed by atoms with Gasteiger partial charge in [-0.2, -0.15) is 0 Å². The van der Waals surface area contributed by atoms with E-state index in [1.807, 2.05) is 44.2 Å². The van der Waals surface area contributed by atoms with Gasteiger partial charge in [0.05, 0.1) is 6.10 Å². The highest BCUT2D eigenvalue weighted by molar-refractivity contribution is 5.85. The monoisotopic (exact) mass is 277 g/mol. The summed E-state index contributed by atoms with van der Waals surface area (Å²) < 4.78 is 0. The molecule has 0 aliphatic carbocycles. The average molecular weight is 277 g/mol. The van der Waals surface area contributed by atoms with Crippen molar-refractivity contribution in [2.75, 3.05) is 0 Å². The standard InChI is InChI=1S/C19H19NO/c1-13-10-17(11-14(2)20-13)19(21)12-16-8-5-7-15-6-3-4-9-18(15)16/h3-11,19,21H,12H2,1-2H3. The van der Waals surface area contributed by atoms with Crippen LogP contribution in [0.15, 0.2) is 54.6 Å². The van der Waals surface area contributed by atoms with E-state index in [4.69, 9.17) is 0 Å². The summed E-state index contributed by atoms with van der Waals surface area (Å²) in [4.78, 5) is 4.36. The first kappa shape index (κ1) is 13.8. The predicted molar refractivity (Wildman–Crippen MR) is 86.3 cm³/mol. The molecule has 0 saturated carbocycles. The van der Waals surface area contributed by atoms with Gasteiger partial charge < -0.3 is 5.11 Å². The molecule has 21 heavy (non-hydrogen) atoms. The molecule has 0 bridgehead atoms. The Morgan fingerprint density at radius 3 is 2.38 bits per heavy atom. The molecule has 2 aromatic carbocycles. The number of aliphatic hydroxyl groups excluding tert-OH is 1. The van der Waals surface area contributed by atoms with Crippen molar-refractivity contribution in [2.45, 2.75) is 26.4 Å². The summed E-state index contributed by atoms with van der Waals surface area (Å²) in [6.45, 7) is 3.92. The van der Waals surface area contributed by atoms with E-state index in [9.17, 15) is 5.11 Å². The zero-order valence-corrected chi connectivity index (χ0v) is 12.4. The maximum atomic E-state index is 10.6. The molecule has 1 unspecified atom stereocenters. The normalized spacial score (nSPS) is 12.5. The molecule has 0 fully saturated rings. The highest BCUT2D eigenvalue weighted by Gasteiger charge is 2.11. The molecule has 3 rings (SSSR count). The first-order valence-electron chi connectivity index (χ1n) is 7.23. The summed E-state index contributed by atoms with van der Waals surface area (Å²) >= 11 is 0. The lowest BCUT2D eigenvalue weighted by molar-refractivity contribution is 0.178. The molecule has 0 radical (unpaired) electrons. The van der Waals surface area contributed by atoms with Crippen molar-refractivity contribution < 1.29 is 5.11 Å². The third-order valence-electron chi connectivity index (χ3n) is 3.78. The van der Waals surface area contributed by atoms with Gasteiger partial charge in [0.25, 0.3) is 0 Å². The second-order valence-electron chi connectivity index (χ2n) is 5.54. The molecule has 0 amide bonds. The minimum Gasteiger partial charge on any atom is -0.388 e. The molecule has 0 aliphatic heterocycles. The predicted octanol–water partition coefficient (Wildman–Crippen LogP) is 4.13. The fourth-order valence-corrected chi connectivity index (χ4v) is 2.86. The first-order chi connectivity index (χ1) is 10.1. The Kier molecular flexibility index (Phi) is 3.72. The van der Waals surface area contributed by atoms with Crippen LogP contribution < -0.4 is 0 Å². The van der Waals surface area contributed by atoms with Crippen LogP contribution in [-0.4, -0.2) is 10.1 Å². The van der Waals surface area contributed by atoms with Gasteiger partial charge in [0.2, 0.25) is 0 Å². The lowest BCUT2D eigenvalue weighted by atomic mass is 9.96. The number of aryl methyl sites for hydroxylation is 2. The molecule has 0 saturated heterocycles. The number of aromatic nitrogens is 1. The van der Waals surface area contributed by atoms with Gasteiger partial charge in [-0.05, 0) is 47.9 Å². The maximum Gasteiger partial charge on any atom is 0.0831 e. The van der Waals surface area contributed by atoms with E-state index in [2.05, 4.69) is 29.2 Å². The van der Waals surface area contributed by atoms with Crippen LogP contribution in [0.3, 0.4) is 0 Å². The lowest BCUT2D eigenvalue weighted by Gasteiger charge is -2.14. The molecule has 2 heteroatoms. The van der Waals surface area contributed by atoms with E-state index >= 15 is 0 Å².